The van der Waals surface area contributed by atoms with Crippen molar-refractivity contribution in [3.8, 4) is 0 Å². The zero-order valence-electron chi connectivity index (χ0n) is 10.2. The molecule has 94 valence electrons. The Hall–Kier alpha value is 1.48. The molecule has 0 aliphatic carbocycles. The zero-order valence-corrected chi connectivity index (χ0v) is 15.1. The standard InChI is InChI=1S/C10H22NP.2ClH.Os/c1-9(2)12(10(3)4)8-7-11(5)6;;;/h5,9-10H,7-8H2,1-4,6H3;2*1H;/q;;;+2/p-2. The normalized spacial score (nSPS) is 13.1. The summed E-state index contributed by atoms with van der Waals surface area (Å²) in [5.74, 6) is 0. The fourth-order valence-corrected chi connectivity index (χ4v) is 7.42. The Bertz CT molecular complexity index is 198. The van der Waals surface area contributed by atoms with Crippen LogP contribution in [0.2, 0.25) is 0 Å². The van der Waals surface area contributed by atoms with E-state index in [1.165, 1.54) is 6.16 Å². The topological polar surface area (TPSA) is 3.24 Å². The molecule has 0 saturated heterocycles. The van der Waals surface area contributed by atoms with E-state index in [1.807, 2.05) is 4.69 Å². The van der Waals surface area contributed by atoms with Crippen molar-refractivity contribution in [2.75, 3.05) is 19.8 Å². The first kappa shape index (κ1) is 16.5. The molecule has 0 aliphatic heterocycles. The second-order valence-electron chi connectivity index (χ2n) is 4.20. The molecule has 5 heteroatoms. The average molecular weight is 448 g/mol. The third-order valence-electron chi connectivity index (χ3n) is 2.26. The molecule has 0 atom stereocenters. The molecule has 0 aromatic heterocycles. The van der Waals surface area contributed by atoms with Crippen LogP contribution in [0.1, 0.15) is 27.7 Å². The molecule has 0 spiro atoms. The number of hydrogen-bond acceptors (Lipinski definition) is 1. The molecule has 0 radical (unpaired) electrons. The van der Waals surface area contributed by atoms with Gasteiger partial charge in [0.05, 0.1) is 0 Å². The van der Waals surface area contributed by atoms with Crippen molar-refractivity contribution in [3.63, 3.8) is 0 Å². The van der Waals surface area contributed by atoms with E-state index in [0.29, 0.717) is 0 Å². The van der Waals surface area contributed by atoms with E-state index >= 15 is 0 Å². The van der Waals surface area contributed by atoms with E-state index in [4.69, 9.17) is 19.3 Å². The van der Waals surface area contributed by atoms with Crippen LogP contribution in [0.15, 0.2) is 0 Å². The summed E-state index contributed by atoms with van der Waals surface area (Å²) in [5.41, 5.74) is 1.63. The summed E-state index contributed by atoms with van der Waals surface area (Å²) in [6.45, 7) is 10.4. The Labute approximate surface area is 109 Å². The fraction of sp³-hybridized carbons (Fsp3) is 0.900. The van der Waals surface area contributed by atoms with E-state index in [-0.39, 0.29) is 7.92 Å². The molecule has 0 bridgehead atoms. The predicted octanol–water partition coefficient (Wildman–Crippen LogP) is 3.90. The Morgan fingerprint density at radius 1 is 1.20 bits per heavy atom. The number of rotatable bonds is 6. The molecule has 0 rings (SSSR count). The second kappa shape index (κ2) is 8.55. The second-order valence-corrected chi connectivity index (χ2v) is 15.7. The monoisotopic (exact) mass is 449 g/mol. The molecular weight excluding hydrogens is 426 g/mol. The number of nitrogens with zero attached hydrogens (tertiary/aromatic N) is 1. The van der Waals surface area contributed by atoms with Gasteiger partial charge in [-0.05, 0) is 0 Å². The first-order chi connectivity index (χ1) is 6.84. The van der Waals surface area contributed by atoms with Gasteiger partial charge in [0.15, 0.2) is 0 Å². The fourth-order valence-electron chi connectivity index (χ4n) is 1.55. The third kappa shape index (κ3) is 8.23. The van der Waals surface area contributed by atoms with E-state index in [0.717, 1.165) is 17.9 Å². The van der Waals surface area contributed by atoms with Gasteiger partial charge in [0.2, 0.25) is 0 Å². The van der Waals surface area contributed by atoms with Crippen LogP contribution in [0.25, 0.3) is 0 Å². The molecule has 0 unspecified atom stereocenters. The van der Waals surface area contributed by atoms with E-state index in [1.54, 1.807) is 0 Å². The van der Waals surface area contributed by atoms with Gasteiger partial charge < -0.3 is 0 Å². The van der Waals surface area contributed by atoms with Crippen molar-refractivity contribution in [1.82, 2.24) is 4.90 Å². The minimum absolute atomic E-state index is 0.136. The third-order valence-corrected chi connectivity index (χ3v) is 8.38. The molecule has 0 aromatic rings. The quantitative estimate of drug-likeness (QED) is 0.558. The average Bonchev–Trinajstić information content (AvgIpc) is 2.00. The van der Waals surface area contributed by atoms with Crippen molar-refractivity contribution in [1.29, 1.82) is 0 Å². The maximum absolute atomic E-state index is 5.86. The Balaban J connectivity index is 4.05. The Kier molecular flexibility index (Phi) is 9.39. The summed E-state index contributed by atoms with van der Waals surface area (Å²) in [7, 11) is 13.9. The summed E-state index contributed by atoms with van der Waals surface area (Å²) in [6.07, 6.45) is 1.29. The van der Waals surface area contributed by atoms with Gasteiger partial charge in [0.1, 0.15) is 0 Å². The molecular formula is C10H22Cl2NOsP. The van der Waals surface area contributed by atoms with Crippen LogP contribution in [0.5, 0.6) is 0 Å². The minimum atomic E-state index is -1.91. The van der Waals surface area contributed by atoms with Crippen LogP contribution in [0, 0.1) is 0 Å². The first-order valence-corrected chi connectivity index (χ1v) is 14.6. The summed E-state index contributed by atoms with van der Waals surface area (Å²) < 4.78 is 2.03. The van der Waals surface area contributed by atoms with Gasteiger partial charge in [-0.1, -0.05) is 0 Å². The van der Waals surface area contributed by atoms with Gasteiger partial charge in [-0.25, -0.2) is 0 Å². The van der Waals surface area contributed by atoms with Crippen molar-refractivity contribution in [2.45, 2.75) is 39.0 Å². The molecule has 0 aromatic carbocycles. The molecule has 0 heterocycles. The molecule has 0 fully saturated rings. The molecule has 0 aliphatic rings. The summed E-state index contributed by atoms with van der Waals surface area (Å²) >= 11 is -1.91. The molecule has 0 amide bonds. The van der Waals surface area contributed by atoms with Gasteiger partial charge >= 0.3 is 109 Å². The van der Waals surface area contributed by atoms with Gasteiger partial charge in [-0.15, -0.1) is 0 Å². The molecule has 1 nitrogen and oxygen atoms in total. The van der Waals surface area contributed by atoms with Crippen LogP contribution >= 0.6 is 27.2 Å². The van der Waals surface area contributed by atoms with Crippen molar-refractivity contribution in [2.24, 2.45) is 0 Å². The van der Waals surface area contributed by atoms with E-state index < -0.39 is 13.8 Å². The van der Waals surface area contributed by atoms with Crippen LogP contribution in [-0.4, -0.2) is 40.7 Å². The van der Waals surface area contributed by atoms with Gasteiger partial charge in [-0.3, -0.25) is 0 Å². The van der Waals surface area contributed by atoms with Crippen molar-refractivity contribution < 1.29 is 13.8 Å². The van der Waals surface area contributed by atoms with Crippen molar-refractivity contribution in [3.05, 3.63) is 0 Å². The zero-order chi connectivity index (χ0) is 12.0. The maximum atomic E-state index is 5.86. The van der Waals surface area contributed by atoms with Crippen molar-refractivity contribution >= 4 is 31.9 Å². The van der Waals surface area contributed by atoms with E-state index in [2.05, 4.69) is 39.6 Å². The van der Waals surface area contributed by atoms with Crippen LogP contribution in [0.4, 0.5) is 0 Å². The van der Waals surface area contributed by atoms with Crippen LogP contribution < -0.4 is 0 Å². The summed E-state index contributed by atoms with van der Waals surface area (Å²) in [6, 6.07) is 0. The van der Waals surface area contributed by atoms with Crippen LogP contribution in [-0.2, 0) is 13.8 Å². The Morgan fingerprint density at radius 2 is 1.67 bits per heavy atom. The molecule has 0 N–H and O–H groups in total. The van der Waals surface area contributed by atoms with Crippen LogP contribution in [0.3, 0.4) is 0 Å². The summed E-state index contributed by atoms with van der Waals surface area (Å²) in [5, 5.41) is 0. The van der Waals surface area contributed by atoms with Gasteiger partial charge in [0, 0.05) is 0 Å². The first-order valence-electron chi connectivity index (χ1n) is 5.14. The molecule has 0 saturated carbocycles. The number of halogens is 2. The number of hydrogen-bond donors (Lipinski definition) is 0. The Morgan fingerprint density at radius 3 is 2.00 bits per heavy atom. The van der Waals surface area contributed by atoms with Gasteiger partial charge in [-0.2, -0.15) is 0 Å². The SMILES string of the molecule is CC(C)P(CCN(C)[CH]=[Os]([Cl])[Cl])C(C)C. The van der Waals surface area contributed by atoms with E-state index in [9.17, 15) is 0 Å². The van der Waals surface area contributed by atoms with Gasteiger partial charge in [0.25, 0.3) is 0 Å². The predicted molar refractivity (Wildman–Crippen MR) is 72.5 cm³/mol. The molecule has 15 heavy (non-hydrogen) atoms. The summed E-state index contributed by atoms with van der Waals surface area (Å²) in [4.78, 5) is 2.18.